The van der Waals surface area contributed by atoms with E-state index < -0.39 is 0 Å². The van der Waals surface area contributed by atoms with E-state index in [2.05, 4.69) is 0 Å². The average Bonchev–Trinajstić information content (AvgIpc) is 1.68. The predicted molar refractivity (Wildman–Crippen MR) is 27.4 cm³/mol. The van der Waals surface area contributed by atoms with Crippen molar-refractivity contribution in [2.24, 2.45) is 5.73 Å². The highest BCUT2D eigenvalue weighted by Crippen LogP contribution is 1.69. The Balaban J connectivity index is 3.23. The van der Waals surface area contributed by atoms with Gasteiger partial charge in [-0.2, -0.15) is 5.26 Å². The van der Waals surface area contributed by atoms with Gasteiger partial charge in [0.05, 0.1) is 0 Å². The van der Waals surface area contributed by atoms with Gasteiger partial charge in [0.25, 0.3) is 0 Å². The second kappa shape index (κ2) is 4.09. The molecule has 0 aromatic carbocycles. The molecule has 8 heavy (non-hydrogen) atoms. The van der Waals surface area contributed by atoms with E-state index in [1.807, 2.05) is 5.32 Å². The zero-order valence-corrected chi connectivity index (χ0v) is 4.35. The van der Waals surface area contributed by atoms with E-state index in [-0.39, 0.29) is 18.9 Å². The number of rotatable bonds is 2. The lowest BCUT2D eigenvalue weighted by atomic mass is 10.4. The summed E-state index contributed by atoms with van der Waals surface area (Å²) >= 11 is 0. The van der Waals surface area contributed by atoms with Crippen LogP contribution in [0.1, 0.15) is 6.42 Å². The summed E-state index contributed by atoms with van der Waals surface area (Å²) in [6.45, 7) is 0.285. The van der Waals surface area contributed by atoms with Gasteiger partial charge in [0.1, 0.15) is 0 Å². The van der Waals surface area contributed by atoms with Crippen LogP contribution in [-0.4, -0.2) is 12.5 Å². The Morgan fingerprint density at radius 1 is 1.88 bits per heavy atom. The summed E-state index contributed by atoms with van der Waals surface area (Å²) in [5.41, 5.74) is 4.99. The maximum atomic E-state index is 10.2. The maximum Gasteiger partial charge on any atom is 0.234 e. The molecule has 4 heteroatoms. The second-order valence-electron chi connectivity index (χ2n) is 1.20. The Hall–Kier alpha value is -1.08. The van der Waals surface area contributed by atoms with E-state index in [0.717, 1.165) is 0 Å². The number of nitrogens with one attached hydrogen (secondary N) is 1. The van der Waals surface area contributed by atoms with Gasteiger partial charge >= 0.3 is 0 Å². The van der Waals surface area contributed by atoms with Crippen molar-refractivity contribution in [1.29, 1.82) is 5.26 Å². The minimum Gasteiger partial charge on any atom is -0.330 e. The number of amides is 1. The van der Waals surface area contributed by atoms with Gasteiger partial charge in [-0.3, -0.25) is 10.1 Å². The lowest BCUT2D eigenvalue weighted by Crippen LogP contribution is -2.20. The molecule has 0 saturated heterocycles. The maximum absolute atomic E-state index is 10.2. The fourth-order valence-electron chi connectivity index (χ4n) is 0.256. The molecule has 1 amide bonds. The number of carbonyl (C=O) groups excluding carboxylic acids is 1. The molecule has 0 radical (unpaired) electrons. The summed E-state index contributed by atoms with van der Waals surface area (Å²) in [6, 6.07) is 0. The molecule has 0 fully saturated rings. The molecule has 0 bridgehead atoms. The molecule has 4 nitrogen and oxygen atoms in total. The molecule has 0 spiro atoms. The highest BCUT2D eigenvalue weighted by Gasteiger charge is 1.93. The van der Waals surface area contributed by atoms with Crippen molar-refractivity contribution in [3.05, 3.63) is 0 Å². The summed E-state index contributed by atoms with van der Waals surface area (Å²) in [6.07, 6.45) is 1.71. The second-order valence-corrected chi connectivity index (χ2v) is 1.20. The zero-order valence-electron chi connectivity index (χ0n) is 4.35. The van der Waals surface area contributed by atoms with E-state index in [4.69, 9.17) is 11.0 Å². The van der Waals surface area contributed by atoms with E-state index in [0.29, 0.717) is 0 Å². The molecule has 0 aromatic heterocycles. The van der Waals surface area contributed by atoms with Crippen molar-refractivity contribution in [2.45, 2.75) is 6.42 Å². The molecule has 3 N–H and O–H groups in total. The quantitative estimate of drug-likeness (QED) is 0.353. The van der Waals surface area contributed by atoms with Crippen LogP contribution in [0.15, 0.2) is 0 Å². The molecule has 0 aliphatic carbocycles. The molecular weight excluding hydrogens is 106 g/mol. The van der Waals surface area contributed by atoms with Crippen LogP contribution in [0.4, 0.5) is 0 Å². The molecule has 0 aliphatic heterocycles. The molecule has 0 atom stereocenters. The molecule has 0 aromatic rings. The largest absolute Gasteiger partial charge is 0.330 e. The van der Waals surface area contributed by atoms with Gasteiger partial charge < -0.3 is 5.73 Å². The third-order valence-corrected chi connectivity index (χ3v) is 0.567. The summed E-state index contributed by atoms with van der Waals surface area (Å²) in [5, 5.41) is 9.77. The molecule has 44 valence electrons. The number of nitrogens with zero attached hydrogens (tertiary/aromatic N) is 1. The molecule has 0 rings (SSSR count). The summed E-state index contributed by atoms with van der Waals surface area (Å²) in [5.74, 6) is -0.324. The summed E-state index contributed by atoms with van der Waals surface area (Å²) < 4.78 is 0. The van der Waals surface area contributed by atoms with Crippen molar-refractivity contribution in [3.63, 3.8) is 0 Å². The minimum absolute atomic E-state index is 0.216. The fraction of sp³-hybridized carbons (Fsp3) is 0.500. The van der Waals surface area contributed by atoms with Crippen LogP contribution in [-0.2, 0) is 4.79 Å². The van der Waals surface area contributed by atoms with Crippen molar-refractivity contribution >= 4 is 5.91 Å². The number of hydrogen-bond acceptors (Lipinski definition) is 3. The standard InChI is InChI=1S/C4H7N3O/c5-2-1-4(8)7-3-6/h1-2,5H2,(H,7,8). The first-order chi connectivity index (χ1) is 3.81. The van der Waals surface area contributed by atoms with E-state index in [9.17, 15) is 4.79 Å². The Labute approximate surface area is 47.3 Å². The van der Waals surface area contributed by atoms with Crippen LogP contribution in [0.25, 0.3) is 0 Å². The summed E-state index contributed by atoms with van der Waals surface area (Å²) in [4.78, 5) is 10.2. The smallest absolute Gasteiger partial charge is 0.234 e. The number of nitrogens with two attached hydrogens (primary N) is 1. The Morgan fingerprint density at radius 2 is 2.50 bits per heavy atom. The first kappa shape index (κ1) is 6.92. The molecule has 0 heterocycles. The van der Waals surface area contributed by atoms with E-state index in [1.54, 1.807) is 0 Å². The van der Waals surface area contributed by atoms with Crippen molar-refractivity contribution in [3.8, 4) is 6.19 Å². The van der Waals surface area contributed by atoms with Crippen LogP contribution < -0.4 is 11.1 Å². The summed E-state index contributed by atoms with van der Waals surface area (Å²) in [7, 11) is 0. The molecule has 0 aliphatic rings. The Kier molecular flexibility index (Phi) is 3.54. The lowest BCUT2D eigenvalue weighted by Gasteiger charge is -1.88. The van der Waals surface area contributed by atoms with E-state index >= 15 is 0 Å². The Bertz CT molecular complexity index is 115. The lowest BCUT2D eigenvalue weighted by molar-refractivity contribution is -0.119. The zero-order chi connectivity index (χ0) is 6.41. The minimum atomic E-state index is -0.324. The highest BCUT2D eigenvalue weighted by atomic mass is 16.1. The van der Waals surface area contributed by atoms with Gasteiger partial charge in [-0.1, -0.05) is 0 Å². The first-order valence-electron chi connectivity index (χ1n) is 2.19. The van der Waals surface area contributed by atoms with E-state index in [1.165, 1.54) is 6.19 Å². The van der Waals surface area contributed by atoms with Gasteiger partial charge in [0.15, 0.2) is 6.19 Å². The van der Waals surface area contributed by atoms with Crippen LogP contribution in [0.5, 0.6) is 0 Å². The van der Waals surface area contributed by atoms with Crippen molar-refractivity contribution < 1.29 is 4.79 Å². The normalized spacial score (nSPS) is 7.50. The van der Waals surface area contributed by atoms with Crippen molar-refractivity contribution in [1.82, 2.24) is 5.32 Å². The van der Waals surface area contributed by atoms with Gasteiger partial charge in [-0.15, -0.1) is 0 Å². The first-order valence-corrected chi connectivity index (χ1v) is 2.19. The number of nitriles is 1. The number of carbonyl (C=O) groups is 1. The average molecular weight is 113 g/mol. The van der Waals surface area contributed by atoms with Crippen LogP contribution in [0, 0.1) is 11.5 Å². The van der Waals surface area contributed by atoms with Crippen LogP contribution in [0.3, 0.4) is 0 Å². The monoisotopic (exact) mass is 113 g/mol. The third kappa shape index (κ3) is 3.12. The van der Waals surface area contributed by atoms with Crippen molar-refractivity contribution in [2.75, 3.05) is 6.54 Å². The Morgan fingerprint density at radius 3 is 2.88 bits per heavy atom. The topological polar surface area (TPSA) is 78.9 Å². The van der Waals surface area contributed by atoms with Crippen LogP contribution >= 0.6 is 0 Å². The molecule has 0 unspecified atom stereocenters. The van der Waals surface area contributed by atoms with Gasteiger partial charge in [-0.05, 0) is 0 Å². The SMILES string of the molecule is N#CNC(=O)CCN. The third-order valence-electron chi connectivity index (χ3n) is 0.567. The van der Waals surface area contributed by atoms with Gasteiger partial charge in [-0.25, -0.2) is 0 Å². The highest BCUT2D eigenvalue weighted by molar-refractivity contribution is 5.77. The fourth-order valence-corrected chi connectivity index (χ4v) is 0.256. The predicted octanol–water partition coefficient (Wildman–Crippen LogP) is -1.07. The molecule has 0 saturated carbocycles. The molecular formula is C4H7N3O. The number of hydrogen-bond donors (Lipinski definition) is 2. The van der Waals surface area contributed by atoms with Crippen LogP contribution in [0.2, 0.25) is 0 Å². The van der Waals surface area contributed by atoms with Gasteiger partial charge in [0, 0.05) is 13.0 Å². The van der Waals surface area contributed by atoms with Gasteiger partial charge in [0.2, 0.25) is 5.91 Å².